The van der Waals surface area contributed by atoms with Crippen LogP contribution < -0.4 is 4.74 Å². The van der Waals surface area contributed by atoms with Crippen LogP contribution in [0.5, 0.6) is 5.75 Å². The van der Waals surface area contributed by atoms with Crippen LogP contribution in [-0.2, 0) is 16.0 Å². The average molecular weight is 224 g/mol. The van der Waals surface area contributed by atoms with E-state index in [0.717, 1.165) is 12.0 Å². The lowest BCUT2D eigenvalue weighted by atomic mass is 10.2. The van der Waals surface area contributed by atoms with Gasteiger partial charge in [-0.05, 0) is 24.1 Å². The van der Waals surface area contributed by atoms with E-state index < -0.39 is 12.1 Å². The molecule has 0 fully saturated rings. The molecule has 0 aromatic heterocycles. The van der Waals surface area contributed by atoms with Crippen LogP contribution in [0.1, 0.15) is 12.5 Å². The van der Waals surface area contributed by atoms with E-state index >= 15 is 0 Å². The summed E-state index contributed by atoms with van der Waals surface area (Å²) in [5.41, 5.74) is 1.11. The van der Waals surface area contributed by atoms with Gasteiger partial charge in [-0.15, -0.1) is 0 Å². The fraction of sp³-hybridized carbons (Fsp3) is 0.417. The van der Waals surface area contributed by atoms with Crippen LogP contribution in [0.25, 0.3) is 0 Å². The molecule has 0 amide bonds. The lowest BCUT2D eigenvalue weighted by Gasteiger charge is -2.14. The van der Waals surface area contributed by atoms with Crippen molar-refractivity contribution < 1.29 is 19.4 Å². The Hall–Kier alpha value is -1.55. The number of rotatable bonds is 6. The molecule has 1 aromatic carbocycles. The summed E-state index contributed by atoms with van der Waals surface area (Å²) < 4.78 is 10.1. The first kappa shape index (κ1) is 12.5. The molecule has 1 unspecified atom stereocenters. The minimum atomic E-state index is -1.02. The summed E-state index contributed by atoms with van der Waals surface area (Å²) in [6.45, 7) is 2.06. The molecule has 1 aromatic rings. The van der Waals surface area contributed by atoms with Crippen molar-refractivity contribution >= 4 is 5.97 Å². The SMILES string of the molecule is CCc1cccc(OC(COC)C(=O)O)c1. The molecule has 0 aliphatic rings. The Morgan fingerprint density at radius 3 is 2.81 bits per heavy atom. The molecule has 0 saturated carbocycles. The molecule has 1 atom stereocenters. The molecule has 0 saturated heterocycles. The Balaban J connectivity index is 2.72. The zero-order valence-electron chi connectivity index (χ0n) is 9.47. The number of aliphatic carboxylic acids is 1. The first-order valence-corrected chi connectivity index (χ1v) is 5.14. The second kappa shape index (κ2) is 6.12. The Morgan fingerprint density at radius 1 is 1.50 bits per heavy atom. The number of benzene rings is 1. The predicted octanol–water partition coefficient (Wildman–Crippen LogP) is 1.73. The number of hydrogen-bond acceptors (Lipinski definition) is 3. The van der Waals surface area contributed by atoms with Gasteiger partial charge in [-0.2, -0.15) is 0 Å². The van der Waals surface area contributed by atoms with Crippen molar-refractivity contribution in [1.82, 2.24) is 0 Å². The third kappa shape index (κ3) is 3.55. The number of carboxylic acids is 1. The largest absolute Gasteiger partial charge is 0.478 e. The van der Waals surface area contributed by atoms with E-state index in [1.807, 2.05) is 25.1 Å². The van der Waals surface area contributed by atoms with Crippen molar-refractivity contribution in [2.45, 2.75) is 19.4 Å². The van der Waals surface area contributed by atoms with Crippen molar-refractivity contribution in [3.63, 3.8) is 0 Å². The van der Waals surface area contributed by atoms with Crippen LogP contribution in [0.2, 0.25) is 0 Å². The molecule has 1 N–H and O–H groups in total. The van der Waals surface area contributed by atoms with E-state index in [4.69, 9.17) is 14.6 Å². The van der Waals surface area contributed by atoms with Gasteiger partial charge in [0, 0.05) is 7.11 Å². The van der Waals surface area contributed by atoms with E-state index in [-0.39, 0.29) is 6.61 Å². The molecular weight excluding hydrogens is 208 g/mol. The fourth-order valence-electron chi connectivity index (χ4n) is 1.31. The third-order valence-electron chi connectivity index (χ3n) is 2.18. The number of carboxylic acid groups (broad SMARTS) is 1. The Labute approximate surface area is 94.8 Å². The summed E-state index contributed by atoms with van der Waals surface area (Å²) in [7, 11) is 1.45. The normalized spacial score (nSPS) is 12.1. The lowest BCUT2D eigenvalue weighted by Crippen LogP contribution is -2.31. The van der Waals surface area contributed by atoms with Crippen LogP contribution in [-0.4, -0.2) is 30.9 Å². The fourth-order valence-corrected chi connectivity index (χ4v) is 1.31. The molecule has 0 aliphatic heterocycles. The van der Waals surface area contributed by atoms with Crippen LogP contribution in [0.4, 0.5) is 0 Å². The van der Waals surface area contributed by atoms with Crippen LogP contribution in [0.3, 0.4) is 0 Å². The molecule has 16 heavy (non-hydrogen) atoms. The summed E-state index contributed by atoms with van der Waals surface area (Å²) >= 11 is 0. The van der Waals surface area contributed by atoms with Crippen molar-refractivity contribution in [2.24, 2.45) is 0 Å². The highest BCUT2D eigenvalue weighted by Gasteiger charge is 2.18. The number of ether oxygens (including phenoxy) is 2. The summed E-state index contributed by atoms with van der Waals surface area (Å²) in [6.07, 6.45) is -0.0729. The zero-order chi connectivity index (χ0) is 12.0. The van der Waals surface area contributed by atoms with Crippen molar-refractivity contribution in [3.05, 3.63) is 29.8 Å². The van der Waals surface area contributed by atoms with Crippen LogP contribution in [0.15, 0.2) is 24.3 Å². The standard InChI is InChI=1S/C12H16O4/c1-3-9-5-4-6-10(7-9)16-11(8-15-2)12(13)14/h4-7,11H,3,8H2,1-2H3,(H,13,14). The van der Waals surface area contributed by atoms with Gasteiger partial charge in [-0.1, -0.05) is 19.1 Å². The molecule has 0 heterocycles. The first-order valence-electron chi connectivity index (χ1n) is 5.14. The summed E-state index contributed by atoms with van der Waals surface area (Å²) in [5.74, 6) is -0.465. The molecule has 0 aliphatic carbocycles. The van der Waals surface area contributed by atoms with Crippen LogP contribution in [0, 0.1) is 0 Å². The number of carbonyl (C=O) groups is 1. The molecule has 4 nitrogen and oxygen atoms in total. The van der Waals surface area contributed by atoms with Gasteiger partial charge < -0.3 is 14.6 Å². The minimum Gasteiger partial charge on any atom is -0.478 e. The smallest absolute Gasteiger partial charge is 0.347 e. The second-order valence-corrected chi connectivity index (χ2v) is 3.40. The van der Waals surface area contributed by atoms with E-state index in [1.54, 1.807) is 6.07 Å². The topological polar surface area (TPSA) is 55.8 Å². The Morgan fingerprint density at radius 2 is 2.25 bits per heavy atom. The van der Waals surface area contributed by atoms with Gasteiger partial charge in [-0.3, -0.25) is 0 Å². The molecule has 0 radical (unpaired) electrons. The molecule has 0 spiro atoms. The van der Waals surface area contributed by atoms with Gasteiger partial charge in [0.2, 0.25) is 6.10 Å². The molecule has 88 valence electrons. The van der Waals surface area contributed by atoms with Crippen molar-refractivity contribution in [1.29, 1.82) is 0 Å². The summed E-state index contributed by atoms with van der Waals surface area (Å²) in [6, 6.07) is 7.40. The quantitative estimate of drug-likeness (QED) is 0.799. The van der Waals surface area contributed by atoms with E-state index in [9.17, 15) is 4.79 Å². The van der Waals surface area contributed by atoms with Crippen molar-refractivity contribution in [3.8, 4) is 5.75 Å². The molecular formula is C12H16O4. The Bertz CT molecular complexity index is 349. The molecule has 4 heteroatoms. The predicted molar refractivity (Wildman–Crippen MR) is 59.7 cm³/mol. The van der Waals surface area contributed by atoms with E-state index in [1.165, 1.54) is 7.11 Å². The summed E-state index contributed by atoms with van der Waals surface area (Å²) in [4.78, 5) is 10.8. The Kier molecular flexibility index (Phi) is 4.79. The highest BCUT2D eigenvalue weighted by atomic mass is 16.5. The van der Waals surface area contributed by atoms with E-state index in [0.29, 0.717) is 5.75 Å². The van der Waals surface area contributed by atoms with Gasteiger partial charge in [0.1, 0.15) is 5.75 Å². The highest BCUT2D eigenvalue weighted by molar-refractivity contribution is 5.72. The number of aryl methyl sites for hydroxylation is 1. The molecule has 0 bridgehead atoms. The summed E-state index contributed by atoms with van der Waals surface area (Å²) in [5, 5.41) is 8.89. The highest BCUT2D eigenvalue weighted by Crippen LogP contribution is 2.15. The maximum absolute atomic E-state index is 10.8. The lowest BCUT2D eigenvalue weighted by molar-refractivity contribution is -0.147. The monoisotopic (exact) mass is 224 g/mol. The van der Waals surface area contributed by atoms with E-state index in [2.05, 4.69) is 0 Å². The third-order valence-corrected chi connectivity index (χ3v) is 2.18. The number of hydrogen-bond donors (Lipinski definition) is 1. The van der Waals surface area contributed by atoms with Crippen LogP contribution >= 0.6 is 0 Å². The van der Waals surface area contributed by atoms with Crippen molar-refractivity contribution in [2.75, 3.05) is 13.7 Å². The van der Waals surface area contributed by atoms with Gasteiger partial charge in [0.05, 0.1) is 6.61 Å². The van der Waals surface area contributed by atoms with Gasteiger partial charge in [-0.25, -0.2) is 4.79 Å². The maximum Gasteiger partial charge on any atom is 0.347 e. The average Bonchev–Trinajstić information content (AvgIpc) is 2.28. The number of methoxy groups -OCH3 is 1. The van der Waals surface area contributed by atoms with Gasteiger partial charge in [0.15, 0.2) is 0 Å². The maximum atomic E-state index is 10.8. The zero-order valence-corrected chi connectivity index (χ0v) is 9.47. The van der Waals surface area contributed by atoms with Gasteiger partial charge in [0.25, 0.3) is 0 Å². The second-order valence-electron chi connectivity index (χ2n) is 3.40. The van der Waals surface area contributed by atoms with Gasteiger partial charge >= 0.3 is 5.97 Å². The first-order chi connectivity index (χ1) is 7.67. The minimum absolute atomic E-state index is 0.0334. The molecule has 1 rings (SSSR count).